The van der Waals surface area contributed by atoms with Crippen molar-refractivity contribution in [2.45, 2.75) is 31.9 Å². The lowest BCUT2D eigenvalue weighted by Crippen LogP contribution is -2.40. The summed E-state index contributed by atoms with van der Waals surface area (Å²) in [6.45, 7) is 4.03. The maximum absolute atomic E-state index is 12.6. The quantitative estimate of drug-likeness (QED) is 0.742. The Labute approximate surface area is 171 Å². The van der Waals surface area contributed by atoms with E-state index in [0.29, 0.717) is 17.9 Å². The van der Waals surface area contributed by atoms with Gasteiger partial charge in [0.05, 0.1) is 27.4 Å². The van der Waals surface area contributed by atoms with Crippen LogP contribution < -0.4 is 24.3 Å². The first-order valence-electron chi connectivity index (χ1n) is 9.43. The van der Waals surface area contributed by atoms with Crippen molar-refractivity contribution in [2.75, 3.05) is 21.3 Å². The Morgan fingerprint density at radius 3 is 2.52 bits per heavy atom. The molecule has 2 aromatic carbocycles. The van der Waals surface area contributed by atoms with Crippen molar-refractivity contribution in [3.8, 4) is 23.0 Å². The Balaban J connectivity index is 1.77. The molecule has 0 radical (unpaired) electrons. The van der Waals surface area contributed by atoms with Gasteiger partial charge in [-0.3, -0.25) is 4.79 Å². The van der Waals surface area contributed by atoms with E-state index < -0.39 is 0 Å². The van der Waals surface area contributed by atoms with Crippen LogP contribution >= 0.6 is 0 Å². The average Bonchev–Trinajstić information content (AvgIpc) is 2.71. The van der Waals surface area contributed by atoms with Crippen LogP contribution in [0.25, 0.3) is 6.08 Å². The third-order valence-electron chi connectivity index (χ3n) is 4.83. The zero-order valence-electron chi connectivity index (χ0n) is 17.4. The summed E-state index contributed by atoms with van der Waals surface area (Å²) in [5.41, 5.74) is 1.37. The second kappa shape index (κ2) is 8.47. The molecular weight excluding hydrogens is 370 g/mol. The van der Waals surface area contributed by atoms with E-state index in [-0.39, 0.29) is 17.6 Å². The second-order valence-electron chi connectivity index (χ2n) is 7.48. The molecule has 0 saturated heterocycles. The Morgan fingerprint density at radius 2 is 1.83 bits per heavy atom. The van der Waals surface area contributed by atoms with Crippen molar-refractivity contribution in [2.24, 2.45) is 0 Å². The van der Waals surface area contributed by atoms with Crippen LogP contribution in [-0.4, -0.2) is 32.8 Å². The molecule has 1 N–H and O–H groups in total. The first kappa shape index (κ1) is 20.6. The number of carbonyl (C=O) groups excluding carboxylic acids is 1. The normalized spacial score (nSPS) is 17.2. The highest BCUT2D eigenvalue weighted by Crippen LogP contribution is 2.41. The molecule has 154 valence electrons. The van der Waals surface area contributed by atoms with Gasteiger partial charge in [0.2, 0.25) is 5.91 Å². The molecule has 0 fully saturated rings. The van der Waals surface area contributed by atoms with Gasteiger partial charge in [-0.15, -0.1) is 0 Å². The van der Waals surface area contributed by atoms with E-state index in [4.69, 9.17) is 18.9 Å². The summed E-state index contributed by atoms with van der Waals surface area (Å²) in [5, 5.41) is 3.09. The van der Waals surface area contributed by atoms with Gasteiger partial charge in [0, 0.05) is 18.1 Å². The summed E-state index contributed by atoms with van der Waals surface area (Å²) in [6.07, 6.45) is 3.92. The third-order valence-corrected chi connectivity index (χ3v) is 4.83. The van der Waals surface area contributed by atoms with Crippen molar-refractivity contribution >= 4 is 12.0 Å². The molecule has 29 heavy (non-hydrogen) atoms. The molecule has 0 saturated carbocycles. The summed E-state index contributed by atoms with van der Waals surface area (Å²) in [4.78, 5) is 12.6. The van der Waals surface area contributed by atoms with Crippen molar-refractivity contribution < 1.29 is 23.7 Å². The van der Waals surface area contributed by atoms with Crippen molar-refractivity contribution in [3.63, 3.8) is 0 Å². The Kier molecular flexibility index (Phi) is 6.01. The van der Waals surface area contributed by atoms with E-state index in [1.807, 2.05) is 44.2 Å². The van der Waals surface area contributed by atoms with Crippen LogP contribution in [0.3, 0.4) is 0 Å². The highest BCUT2D eigenvalue weighted by Gasteiger charge is 2.34. The van der Waals surface area contributed by atoms with Gasteiger partial charge in [-0.2, -0.15) is 0 Å². The van der Waals surface area contributed by atoms with E-state index in [9.17, 15) is 4.79 Å². The van der Waals surface area contributed by atoms with Crippen molar-refractivity contribution in [1.29, 1.82) is 0 Å². The number of rotatable bonds is 6. The van der Waals surface area contributed by atoms with Gasteiger partial charge in [-0.05, 0) is 55.8 Å². The monoisotopic (exact) mass is 397 g/mol. The fraction of sp³-hybridized carbons (Fsp3) is 0.348. The Hall–Kier alpha value is -3.15. The molecule has 2 aromatic rings. The number of fused-ring (bicyclic) bond motifs is 1. The minimum Gasteiger partial charge on any atom is -0.497 e. The van der Waals surface area contributed by atoms with Crippen molar-refractivity contribution in [1.82, 2.24) is 5.32 Å². The summed E-state index contributed by atoms with van der Waals surface area (Å²) in [6, 6.07) is 11.0. The molecule has 0 bridgehead atoms. The lowest BCUT2D eigenvalue weighted by molar-refractivity contribution is -0.117. The van der Waals surface area contributed by atoms with Crippen LogP contribution in [-0.2, 0) is 4.79 Å². The van der Waals surface area contributed by atoms with E-state index in [2.05, 4.69) is 5.32 Å². The molecule has 6 heteroatoms. The third kappa shape index (κ3) is 4.83. The maximum Gasteiger partial charge on any atom is 0.244 e. The number of amides is 1. The van der Waals surface area contributed by atoms with Gasteiger partial charge in [-0.1, -0.05) is 6.07 Å². The van der Waals surface area contributed by atoms with Gasteiger partial charge in [-0.25, -0.2) is 0 Å². The number of methoxy groups -OCH3 is 3. The number of hydrogen-bond donors (Lipinski definition) is 1. The fourth-order valence-corrected chi connectivity index (χ4v) is 3.44. The van der Waals surface area contributed by atoms with Crippen LogP contribution in [0.15, 0.2) is 42.5 Å². The van der Waals surface area contributed by atoms with Gasteiger partial charge >= 0.3 is 0 Å². The fourth-order valence-electron chi connectivity index (χ4n) is 3.44. The van der Waals surface area contributed by atoms with Crippen molar-refractivity contribution in [3.05, 3.63) is 53.6 Å². The largest absolute Gasteiger partial charge is 0.497 e. The van der Waals surface area contributed by atoms with E-state index >= 15 is 0 Å². The second-order valence-corrected chi connectivity index (χ2v) is 7.48. The molecule has 1 unspecified atom stereocenters. The number of carbonyl (C=O) groups is 1. The van der Waals surface area contributed by atoms with Crippen LogP contribution in [0.5, 0.6) is 23.0 Å². The number of nitrogens with one attached hydrogen (secondary N) is 1. The maximum atomic E-state index is 12.6. The number of ether oxygens (including phenoxy) is 4. The van der Waals surface area contributed by atoms with E-state index in [1.54, 1.807) is 33.5 Å². The predicted molar refractivity (Wildman–Crippen MR) is 112 cm³/mol. The van der Waals surface area contributed by atoms with Crippen LogP contribution in [0, 0.1) is 0 Å². The SMILES string of the molecule is COc1ccc2c(c1)C(NC(=O)/C=C/c1ccc(OC)c(OC)c1)CC(C)(C)O2. The van der Waals surface area contributed by atoms with Gasteiger partial charge in [0.1, 0.15) is 17.1 Å². The molecule has 0 aromatic heterocycles. The standard InChI is InChI=1S/C23H27NO5/c1-23(2)14-18(17-13-16(26-3)8-10-19(17)29-23)24-22(25)11-7-15-6-9-20(27-4)21(12-15)28-5/h6-13,18H,14H2,1-5H3,(H,24,25)/b11-7+. The molecule has 1 atom stereocenters. The van der Waals surface area contributed by atoms with Crippen LogP contribution in [0.2, 0.25) is 0 Å². The number of benzene rings is 2. The predicted octanol–water partition coefficient (Wildman–Crippen LogP) is 4.14. The van der Waals surface area contributed by atoms with E-state index in [1.165, 1.54) is 6.08 Å². The zero-order chi connectivity index (χ0) is 21.0. The van der Waals surface area contributed by atoms with Gasteiger partial charge in [0.25, 0.3) is 0 Å². The molecule has 1 aliphatic heterocycles. The molecule has 1 amide bonds. The molecule has 6 nitrogen and oxygen atoms in total. The first-order valence-corrected chi connectivity index (χ1v) is 9.43. The van der Waals surface area contributed by atoms with Gasteiger partial charge < -0.3 is 24.3 Å². The average molecular weight is 397 g/mol. The molecule has 1 aliphatic rings. The highest BCUT2D eigenvalue weighted by atomic mass is 16.5. The lowest BCUT2D eigenvalue weighted by atomic mass is 9.89. The molecular formula is C23H27NO5. The summed E-state index contributed by atoms with van der Waals surface area (Å²) in [5.74, 6) is 2.56. The Morgan fingerprint density at radius 1 is 1.07 bits per heavy atom. The van der Waals surface area contributed by atoms with Gasteiger partial charge in [0.15, 0.2) is 11.5 Å². The Bertz CT molecular complexity index is 919. The van der Waals surface area contributed by atoms with E-state index in [0.717, 1.165) is 22.6 Å². The summed E-state index contributed by atoms with van der Waals surface area (Å²) in [7, 11) is 4.79. The lowest BCUT2D eigenvalue weighted by Gasteiger charge is -2.37. The minimum atomic E-state index is -0.382. The first-order chi connectivity index (χ1) is 13.8. The topological polar surface area (TPSA) is 66.0 Å². The van der Waals surface area contributed by atoms with Crippen LogP contribution in [0.4, 0.5) is 0 Å². The number of hydrogen-bond acceptors (Lipinski definition) is 5. The van der Waals surface area contributed by atoms with Crippen LogP contribution in [0.1, 0.15) is 37.4 Å². The molecule has 3 rings (SSSR count). The molecule has 1 heterocycles. The highest BCUT2D eigenvalue weighted by molar-refractivity contribution is 5.92. The summed E-state index contributed by atoms with van der Waals surface area (Å²) < 4.78 is 21.9. The smallest absolute Gasteiger partial charge is 0.244 e. The zero-order valence-corrected chi connectivity index (χ0v) is 17.4. The minimum absolute atomic E-state index is 0.175. The molecule has 0 spiro atoms. The summed E-state index contributed by atoms with van der Waals surface area (Å²) >= 11 is 0. The molecule has 0 aliphatic carbocycles.